The van der Waals surface area contributed by atoms with Crippen LogP contribution in [0, 0.1) is 0 Å². The Bertz CT molecular complexity index is 894. The Kier molecular flexibility index (Phi) is 7.56. The number of nitrogens with zero attached hydrogens (tertiary/aromatic N) is 4. The first kappa shape index (κ1) is 21.8. The van der Waals surface area contributed by atoms with Crippen LogP contribution in [0.4, 0.5) is 5.69 Å². The maximum Gasteiger partial charge on any atom is 0.195 e. The molecular weight excluding hydrogens is 412 g/mol. The topological polar surface area (TPSA) is 85.6 Å². The largest absolute Gasteiger partial charge is 0.490 e. The van der Waals surface area contributed by atoms with Gasteiger partial charge < -0.3 is 24.7 Å². The molecule has 1 saturated carbocycles. The molecule has 0 bridgehead atoms. The second kappa shape index (κ2) is 10.7. The van der Waals surface area contributed by atoms with Crippen molar-refractivity contribution in [1.82, 2.24) is 20.1 Å². The van der Waals surface area contributed by atoms with Crippen LogP contribution in [0.2, 0.25) is 0 Å². The summed E-state index contributed by atoms with van der Waals surface area (Å²) in [6, 6.07) is 6.44. The summed E-state index contributed by atoms with van der Waals surface area (Å²) in [5.41, 5.74) is 0.919. The molecule has 1 fully saturated rings. The number of guanidine groups is 1. The zero-order chi connectivity index (χ0) is 21.5. The van der Waals surface area contributed by atoms with E-state index in [1.54, 1.807) is 18.8 Å². The molecule has 31 heavy (non-hydrogen) atoms. The predicted octanol–water partition coefficient (Wildman–Crippen LogP) is 3.90. The lowest BCUT2D eigenvalue weighted by Gasteiger charge is -2.16. The van der Waals surface area contributed by atoms with E-state index < -0.39 is 0 Å². The molecule has 8 nitrogen and oxygen atoms in total. The number of nitrogens with one attached hydrogen (secondary N) is 2. The molecule has 0 saturated heterocycles. The van der Waals surface area contributed by atoms with Crippen molar-refractivity contribution in [3.63, 3.8) is 0 Å². The average molecular weight is 445 g/mol. The van der Waals surface area contributed by atoms with Crippen molar-refractivity contribution in [1.29, 1.82) is 0 Å². The Morgan fingerprint density at radius 2 is 1.97 bits per heavy atom. The summed E-state index contributed by atoms with van der Waals surface area (Å²) in [5.74, 6) is 3.40. The van der Waals surface area contributed by atoms with E-state index in [1.807, 2.05) is 18.2 Å². The maximum atomic E-state index is 5.77. The number of hydrogen-bond donors (Lipinski definition) is 2. The minimum Gasteiger partial charge on any atom is -0.490 e. The van der Waals surface area contributed by atoms with Gasteiger partial charge >= 0.3 is 0 Å². The number of aliphatic imine (C=N–C) groups is 1. The average Bonchev–Trinajstić information content (AvgIpc) is 3.40. The number of rotatable bonds is 7. The van der Waals surface area contributed by atoms with Crippen LogP contribution < -0.4 is 20.1 Å². The molecule has 2 N–H and O–H groups in total. The fraction of sp³-hybridized carbons (Fsp3) is 0.591. The monoisotopic (exact) mass is 444 g/mol. The summed E-state index contributed by atoms with van der Waals surface area (Å²) >= 11 is 1.69. The zero-order valence-electron chi connectivity index (χ0n) is 18.4. The van der Waals surface area contributed by atoms with Crippen molar-refractivity contribution in [2.24, 2.45) is 4.99 Å². The third-order valence-corrected chi connectivity index (χ3v) is 6.35. The van der Waals surface area contributed by atoms with Gasteiger partial charge in [-0.05, 0) is 37.7 Å². The smallest absolute Gasteiger partial charge is 0.195 e. The van der Waals surface area contributed by atoms with Gasteiger partial charge in [0.2, 0.25) is 0 Å². The molecule has 0 amide bonds. The number of aryl methyl sites for hydroxylation is 1. The van der Waals surface area contributed by atoms with Gasteiger partial charge in [0.05, 0.1) is 13.2 Å². The second-order valence-electron chi connectivity index (χ2n) is 7.85. The summed E-state index contributed by atoms with van der Waals surface area (Å²) in [6.07, 6.45) is 9.92. The van der Waals surface area contributed by atoms with Gasteiger partial charge in [-0.1, -0.05) is 24.6 Å². The third kappa shape index (κ3) is 5.44. The second-order valence-corrected chi connectivity index (χ2v) is 8.62. The molecule has 168 valence electrons. The van der Waals surface area contributed by atoms with Gasteiger partial charge in [-0.3, -0.25) is 4.99 Å². The van der Waals surface area contributed by atoms with Gasteiger partial charge in [0, 0.05) is 44.2 Å². The van der Waals surface area contributed by atoms with Gasteiger partial charge in [0.1, 0.15) is 5.82 Å². The molecule has 9 heteroatoms. The van der Waals surface area contributed by atoms with Crippen LogP contribution >= 0.6 is 11.8 Å². The Morgan fingerprint density at radius 1 is 1.16 bits per heavy atom. The molecule has 0 unspecified atom stereocenters. The van der Waals surface area contributed by atoms with E-state index in [4.69, 9.17) is 9.47 Å². The lowest BCUT2D eigenvalue weighted by molar-refractivity contribution is 0.297. The fourth-order valence-corrected chi connectivity index (χ4v) is 4.73. The first-order valence-corrected chi connectivity index (χ1v) is 12.4. The molecule has 1 aromatic carbocycles. The third-order valence-electron chi connectivity index (χ3n) is 5.71. The van der Waals surface area contributed by atoms with Crippen molar-refractivity contribution >= 4 is 23.4 Å². The van der Waals surface area contributed by atoms with Crippen LogP contribution in [-0.4, -0.2) is 53.8 Å². The summed E-state index contributed by atoms with van der Waals surface area (Å²) in [5, 5.41) is 16.7. The first-order chi connectivity index (χ1) is 15.3. The lowest BCUT2D eigenvalue weighted by Crippen LogP contribution is -2.31. The molecule has 0 atom stereocenters. The van der Waals surface area contributed by atoms with Gasteiger partial charge in [-0.15, -0.1) is 10.2 Å². The van der Waals surface area contributed by atoms with E-state index in [0.29, 0.717) is 19.3 Å². The van der Waals surface area contributed by atoms with Gasteiger partial charge in [-0.25, -0.2) is 0 Å². The van der Waals surface area contributed by atoms with Gasteiger partial charge in [0.25, 0.3) is 0 Å². The summed E-state index contributed by atoms with van der Waals surface area (Å²) < 4.78 is 13.9. The van der Waals surface area contributed by atoms with E-state index in [9.17, 15) is 0 Å². The first-order valence-electron chi connectivity index (χ1n) is 11.1. The molecule has 2 aliphatic rings. The highest BCUT2D eigenvalue weighted by atomic mass is 32.2. The summed E-state index contributed by atoms with van der Waals surface area (Å²) in [4.78, 5) is 4.34. The van der Waals surface area contributed by atoms with E-state index in [2.05, 4.69) is 36.6 Å². The molecule has 2 heterocycles. The van der Waals surface area contributed by atoms with E-state index in [-0.39, 0.29) is 0 Å². The lowest BCUT2D eigenvalue weighted by atomic mass is 10.2. The molecule has 1 aromatic heterocycles. The Morgan fingerprint density at radius 3 is 2.74 bits per heavy atom. The molecular formula is C22H32N6O2S. The van der Waals surface area contributed by atoms with Crippen LogP contribution in [0.5, 0.6) is 11.5 Å². The highest BCUT2D eigenvalue weighted by molar-refractivity contribution is 7.98. The fourth-order valence-electron chi connectivity index (χ4n) is 4.16. The molecule has 1 aliphatic carbocycles. The number of thioether (sulfide) groups is 1. The number of benzene rings is 1. The number of aromatic nitrogens is 3. The number of ether oxygens (including phenoxy) is 2. The van der Waals surface area contributed by atoms with Gasteiger partial charge in [-0.2, -0.15) is 0 Å². The van der Waals surface area contributed by atoms with E-state index in [1.165, 1.54) is 25.7 Å². The van der Waals surface area contributed by atoms with Crippen LogP contribution in [-0.2, 0) is 6.42 Å². The minimum absolute atomic E-state index is 0.564. The van der Waals surface area contributed by atoms with Gasteiger partial charge in [0.15, 0.2) is 22.6 Å². The Hall–Kier alpha value is -2.42. The Labute approximate surface area is 188 Å². The van der Waals surface area contributed by atoms with Crippen LogP contribution in [0.15, 0.2) is 28.3 Å². The summed E-state index contributed by atoms with van der Waals surface area (Å²) in [7, 11) is 1.78. The van der Waals surface area contributed by atoms with E-state index >= 15 is 0 Å². The number of anilines is 1. The van der Waals surface area contributed by atoms with Crippen molar-refractivity contribution in [2.45, 2.75) is 56.1 Å². The standard InChI is InChI=1S/C22H32N6O2S/c1-23-21(25-16-10-11-18-19(15-16)30-14-6-13-29-18)24-12-5-9-20-26-27-22(31-2)28(20)17-7-3-4-8-17/h10-11,15,17H,3-9,12-14H2,1-2H3,(H2,23,24,25). The van der Waals surface area contributed by atoms with Crippen molar-refractivity contribution < 1.29 is 9.47 Å². The molecule has 2 aromatic rings. The van der Waals surface area contributed by atoms with Crippen LogP contribution in [0.1, 0.15) is 50.4 Å². The van der Waals surface area contributed by atoms with Crippen molar-refractivity contribution in [3.05, 3.63) is 24.0 Å². The van der Waals surface area contributed by atoms with Crippen LogP contribution in [0.25, 0.3) is 0 Å². The number of fused-ring (bicyclic) bond motifs is 1. The van der Waals surface area contributed by atoms with Crippen molar-refractivity contribution in [3.8, 4) is 11.5 Å². The minimum atomic E-state index is 0.564. The molecule has 0 spiro atoms. The number of hydrogen-bond acceptors (Lipinski definition) is 6. The highest BCUT2D eigenvalue weighted by Crippen LogP contribution is 2.34. The maximum absolute atomic E-state index is 5.77. The highest BCUT2D eigenvalue weighted by Gasteiger charge is 2.23. The Balaban J connectivity index is 1.29. The van der Waals surface area contributed by atoms with E-state index in [0.717, 1.165) is 59.9 Å². The molecule has 0 radical (unpaired) electrons. The molecule has 1 aliphatic heterocycles. The van der Waals surface area contributed by atoms with Crippen molar-refractivity contribution in [2.75, 3.05) is 38.4 Å². The predicted molar refractivity (Wildman–Crippen MR) is 125 cm³/mol. The zero-order valence-corrected chi connectivity index (χ0v) is 19.2. The normalized spacial score (nSPS) is 16.9. The molecule has 4 rings (SSSR count). The van der Waals surface area contributed by atoms with Crippen LogP contribution in [0.3, 0.4) is 0 Å². The quantitative estimate of drug-likeness (QED) is 0.290. The summed E-state index contributed by atoms with van der Waals surface area (Å²) in [6.45, 7) is 2.17. The SMILES string of the molecule is CN=C(NCCCc1nnc(SC)n1C1CCCC1)Nc1ccc2c(c1)OCCCO2.